The van der Waals surface area contributed by atoms with Crippen molar-refractivity contribution in [1.29, 1.82) is 0 Å². The molecule has 1 aliphatic carbocycles. The van der Waals surface area contributed by atoms with Crippen LogP contribution >= 0.6 is 0 Å². The molecule has 9 heteroatoms. The highest BCUT2D eigenvalue weighted by molar-refractivity contribution is 7.90. The van der Waals surface area contributed by atoms with Crippen LogP contribution < -0.4 is 4.90 Å². The van der Waals surface area contributed by atoms with E-state index in [1.165, 1.54) is 0 Å². The average molecular weight is 394 g/mol. The SMILES string of the molecule is Cc1nc(N2CCOCC2)nc2c1COC[C@@]21CCN(S(=O)(=O)C2CC2)C1. The summed E-state index contributed by atoms with van der Waals surface area (Å²) in [4.78, 5) is 11.8. The van der Waals surface area contributed by atoms with Gasteiger partial charge in [0.05, 0.1) is 42.8 Å². The fourth-order valence-electron chi connectivity index (χ4n) is 4.45. The van der Waals surface area contributed by atoms with E-state index in [9.17, 15) is 8.42 Å². The van der Waals surface area contributed by atoms with Crippen molar-refractivity contribution in [2.45, 2.75) is 43.5 Å². The van der Waals surface area contributed by atoms with Gasteiger partial charge in [0.2, 0.25) is 16.0 Å². The fourth-order valence-corrected chi connectivity index (χ4v) is 6.38. The van der Waals surface area contributed by atoms with Crippen LogP contribution in [0.1, 0.15) is 36.2 Å². The smallest absolute Gasteiger partial charge is 0.225 e. The first-order chi connectivity index (χ1) is 13.0. The van der Waals surface area contributed by atoms with Gasteiger partial charge in [0.15, 0.2) is 0 Å². The van der Waals surface area contributed by atoms with Crippen molar-refractivity contribution in [1.82, 2.24) is 14.3 Å². The molecule has 4 heterocycles. The van der Waals surface area contributed by atoms with E-state index in [4.69, 9.17) is 19.4 Å². The first kappa shape index (κ1) is 17.8. The molecule has 0 amide bonds. The molecule has 1 spiro atoms. The van der Waals surface area contributed by atoms with Crippen molar-refractivity contribution in [2.75, 3.05) is 50.9 Å². The Kier molecular flexibility index (Phi) is 4.19. The van der Waals surface area contributed by atoms with Crippen LogP contribution in [0.4, 0.5) is 5.95 Å². The lowest BCUT2D eigenvalue weighted by Gasteiger charge is -2.36. The second-order valence-corrected chi connectivity index (χ2v) is 10.3. The van der Waals surface area contributed by atoms with Gasteiger partial charge in [0.25, 0.3) is 0 Å². The Morgan fingerprint density at radius 1 is 1.11 bits per heavy atom. The standard InChI is InChI=1S/C18H26N4O4S/c1-13-15-10-26-12-18(4-5-22(11-18)27(23,24)14-2-3-14)16(15)20-17(19-13)21-6-8-25-9-7-21/h14H,2-12H2,1H3/t18-/m0/s1. The van der Waals surface area contributed by atoms with Crippen LogP contribution in [0.3, 0.4) is 0 Å². The minimum absolute atomic E-state index is 0.173. The molecule has 148 valence electrons. The normalized spacial score (nSPS) is 29.3. The van der Waals surface area contributed by atoms with E-state index in [0.29, 0.717) is 39.5 Å². The maximum Gasteiger partial charge on any atom is 0.225 e. The van der Waals surface area contributed by atoms with Gasteiger partial charge in [-0.2, -0.15) is 0 Å². The van der Waals surface area contributed by atoms with Crippen molar-refractivity contribution in [3.05, 3.63) is 17.0 Å². The van der Waals surface area contributed by atoms with Crippen molar-refractivity contribution < 1.29 is 17.9 Å². The largest absolute Gasteiger partial charge is 0.378 e. The quantitative estimate of drug-likeness (QED) is 0.742. The lowest BCUT2D eigenvalue weighted by Crippen LogP contribution is -2.44. The number of nitrogens with zero attached hydrogens (tertiary/aromatic N) is 4. The van der Waals surface area contributed by atoms with E-state index < -0.39 is 10.0 Å². The summed E-state index contributed by atoms with van der Waals surface area (Å²) in [6.07, 6.45) is 2.34. The molecule has 1 saturated carbocycles. The summed E-state index contributed by atoms with van der Waals surface area (Å²) in [5, 5.41) is -0.173. The van der Waals surface area contributed by atoms with Crippen LogP contribution in [-0.2, 0) is 31.5 Å². The van der Waals surface area contributed by atoms with Crippen molar-refractivity contribution in [3.63, 3.8) is 0 Å². The topological polar surface area (TPSA) is 84.9 Å². The third kappa shape index (κ3) is 2.95. The number of rotatable bonds is 3. The molecule has 3 aliphatic heterocycles. The lowest BCUT2D eigenvalue weighted by atomic mass is 9.80. The highest BCUT2D eigenvalue weighted by Crippen LogP contribution is 2.43. The molecule has 4 aliphatic rings. The molecule has 0 aromatic carbocycles. The summed E-state index contributed by atoms with van der Waals surface area (Å²) >= 11 is 0. The van der Waals surface area contributed by atoms with Gasteiger partial charge in [-0.3, -0.25) is 0 Å². The maximum absolute atomic E-state index is 12.7. The second kappa shape index (κ2) is 6.37. The molecule has 2 saturated heterocycles. The first-order valence-corrected chi connectivity index (χ1v) is 11.3. The number of aryl methyl sites for hydroxylation is 1. The van der Waals surface area contributed by atoms with Gasteiger partial charge < -0.3 is 14.4 Å². The number of ether oxygens (including phenoxy) is 2. The Morgan fingerprint density at radius 3 is 2.63 bits per heavy atom. The maximum atomic E-state index is 12.7. The number of hydrogen-bond donors (Lipinski definition) is 0. The number of morpholine rings is 1. The van der Waals surface area contributed by atoms with Gasteiger partial charge >= 0.3 is 0 Å². The predicted molar refractivity (Wildman–Crippen MR) is 99.3 cm³/mol. The second-order valence-electron chi connectivity index (χ2n) is 8.14. The Labute approximate surface area is 159 Å². The van der Waals surface area contributed by atoms with Gasteiger partial charge in [0.1, 0.15) is 0 Å². The zero-order chi connectivity index (χ0) is 18.6. The summed E-state index contributed by atoms with van der Waals surface area (Å²) in [6.45, 7) is 6.98. The van der Waals surface area contributed by atoms with Gasteiger partial charge in [-0.05, 0) is 26.2 Å². The highest BCUT2D eigenvalue weighted by Gasteiger charge is 2.51. The molecule has 3 fully saturated rings. The van der Waals surface area contributed by atoms with Crippen molar-refractivity contribution in [3.8, 4) is 0 Å². The van der Waals surface area contributed by atoms with Gasteiger partial charge in [-0.25, -0.2) is 22.7 Å². The number of sulfonamides is 1. The van der Waals surface area contributed by atoms with Crippen LogP contribution in [0.2, 0.25) is 0 Å². The zero-order valence-electron chi connectivity index (χ0n) is 15.7. The molecular weight excluding hydrogens is 368 g/mol. The van der Waals surface area contributed by atoms with Crippen LogP contribution in [-0.4, -0.2) is 73.9 Å². The molecular formula is C18H26N4O4S. The molecule has 0 radical (unpaired) electrons. The average Bonchev–Trinajstić information content (AvgIpc) is 3.45. The molecule has 0 unspecified atom stereocenters. The van der Waals surface area contributed by atoms with E-state index >= 15 is 0 Å². The Balaban J connectivity index is 1.51. The van der Waals surface area contributed by atoms with E-state index in [1.54, 1.807) is 4.31 Å². The van der Waals surface area contributed by atoms with Crippen molar-refractivity contribution >= 4 is 16.0 Å². The molecule has 8 nitrogen and oxygen atoms in total. The third-order valence-electron chi connectivity index (χ3n) is 6.25. The number of hydrogen-bond acceptors (Lipinski definition) is 7. The molecule has 1 atom stereocenters. The molecule has 1 aromatic rings. The van der Waals surface area contributed by atoms with E-state index in [-0.39, 0.29) is 10.7 Å². The van der Waals surface area contributed by atoms with Crippen molar-refractivity contribution in [2.24, 2.45) is 0 Å². The zero-order valence-corrected chi connectivity index (χ0v) is 16.5. The Bertz CT molecular complexity index is 851. The minimum Gasteiger partial charge on any atom is -0.378 e. The van der Waals surface area contributed by atoms with E-state index in [0.717, 1.165) is 55.3 Å². The molecule has 0 bridgehead atoms. The van der Waals surface area contributed by atoms with Crippen LogP contribution in [0, 0.1) is 6.92 Å². The van der Waals surface area contributed by atoms with E-state index in [2.05, 4.69) is 4.90 Å². The van der Waals surface area contributed by atoms with Gasteiger partial charge in [-0.1, -0.05) is 0 Å². The lowest BCUT2D eigenvalue weighted by molar-refractivity contribution is 0.0525. The van der Waals surface area contributed by atoms with Crippen LogP contribution in [0.25, 0.3) is 0 Å². The molecule has 5 rings (SSSR count). The van der Waals surface area contributed by atoms with Crippen LogP contribution in [0.15, 0.2) is 0 Å². The van der Waals surface area contributed by atoms with Crippen LogP contribution in [0.5, 0.6) is 0 Å². The number of aromatic nitrogens is 2. The summed E-state index contributed by atoms with van der Waals surface area (Å²) in [5.74, 6) is 0.735. The summed E-state index contributed by atoms with van der Waals surface area (Å²) in [7, 11) is -3.18. The molecule has 1 aromatic heterocycles. The fraction of sp³-hybridized carbons (Fsp3) is 0.778. The summed E-state index contributed by atoms with van der Waals surface area (Å²) < 4.78 is 38.5. The minimum atomic E-state index is -3.18. The van der Waals surface area contributed by atoms with Gasteiger partial charge in [0, 0.05) is 37.4 Å². The third-order valence-corrected chi connectivity index (χ3v) is 8.59. The number of fused-ring (bicyclic) bond motifs is 2. The Hall–Kier alpha value is -1.29. The first-order valence-electron chi connectivity index (χ1n) is 9.77. The highest BCUT2D eigenvalue weighted by atomic mass is 32.2. The monoisotopic (exact) mass is 394 g/mol. The summed E-state index contributed by atoms with van der Waals surface area (Å²) in [5.41, 5.74) is 2.61. The molecule has 0 N–H and O–H groups in total. The summed E-state index contributed by atoms with van der Waals surface area (Å²) in [6, 6.07) is 0. The molecule has 27 heavy (non-hydrogen) atoms. The Morgan fingerprint density at radius 2 is 1.89 bits per heavy atom. The van der Waals surface area contributed by atoms with E-state index in [1.807, 2.05) is 6.92 Å². The predicted octanol–water partition coefficient (Wildman–Crippen LogP) is 0.588. The number of anilines is 1. The van der Waals surface area contributed by atoms with Gasteiger partial charge in [-0.15, -0.1) is 0 Å².